The lowest BCUT2D eigenvalue weighted by molar-refractivity contribution is 0.522. The molecule has 0 saturated carbocycles. The zero-order valence-electron chi connectivity index (χ0n) is 9.94. The Balaban J connectivity index is 2.63. The minimum absolute atomic E-state index is 0.392. The summed E-state index contributed by atoms with van der Waals surface area (Å²) in [4.78, 5) is 4.48. The molecule has 0 saturated heterocycles. The number of hydrogen-bond acceptors (Lipinski definition) is 2. The van der Waals surface area contributed by atoms with Crippen LogP contribution < -0.4 is 0 Å². The van der Waals surface area contributed by atoms with Crippen molar-refractivity contribution in [1.82, 2.24) is 9.55 Å². The van der Waals surface area contributed by atoms with E-state index in [0.29, 0.717) is 17.4 Å². The van der Waals surface area contributed by atoms with Gasteiger partial charge in [-0.3, -0.25) is 0 Å². The van der Waals surface area contributed by atoms with Crippen molar-refractivity contribution in [3.05, 3.63) is 29.6 Å². The molecular weight excluding hydrogens is 234 g/mol. The molecule has 0 aliphatic heterocycles. The van der Waals surface area contributed by atoms with Gasteiger partial charge in [0.1, 0.15) is 5.82 Å². The molecule has 4 heteroatoms. The molecule has 0 atom stereocenters. The number of fused-ring (bicyclic) bond motifs is 1. The Kier molecular flexibility index (Phi) is 3.35. The van der Waals surface area contributed by atoms with Crippen LogP contribution in [0.15, 0.2) is 18.2 Å². The molecule has 0 bridgehead atoms. The summed E-state index contributed by atoms with van der Waals surface area (Å²) in [5.41, 5.74) is 2.55. The SMILES string of the molecule is CC(C)Cn1c(CCl)nc2ccc(C#N)cc21. The van der Waals surface area contributed by atoms with E-state index >= 15 is 0 Å². The zero-order chi connectivity index (χ0) is 12.4. The van der Waals surface area contributed by atoms with E-state index in [1.807, 2.05) is 12.1 Å². The van der Waals surface area contributed by atoms with Crippen LogP contribution in [0, 0.1) is 17.2 Å². The van der Waals surface area contributed by atoms with E-state index in [0.717, 1.165) is 23.4 Å². The van der Waals surface area contributed by atoms with Crippen molar-refractivity contribution < 1.29 is 0 Å². The Morgan fingerprint density at radius 2 is 2.24 bits per heavy atom. The maximum atomic E-state index is 8.93. The predicted octanol–water partition coefficient (Wildman–Crippen LogP) is 3.30. The van der Waals surface area contributed by atoms with Crippen molar-refractivity contribution >= 4 is 22.6 Å². The first-order valence-corrected chi connectivity index (χ1v) is 6.14. The van der Waals surface area contributed by atoms with Crippen LogP contribution in [0.2, 0.25) is 0 Å². The number of halogens is 1. The topological polar surface area (TPSA) is 41.6 Å². The Morgan fingerprint density at radius 3 is 2.82 bits per heavy atom. The van der Waals surface area contributed by atoms with Gasteiger partial charge in [-0.2, -0.15) is 5.26 Å². The maximum Gasteiger partial charge on any atom is 0.124 e. The molecule has 3 nitrogen and oxygen atoms in total. The third kappa shape index (κ3) is 2.27. The van der Waals surface area contributed by atoms with Crippen molar-refractivity contribution in [3.63, 3.8) is 0 Å². The summed E-state index contributed by atoms with van der Waals surface area (Å²) < 4.78 is 2.10. The summed E-state index contributed by atoms with van der Waals surface area (Å²) in [6.07, 6.45) is 0. The predicted molar refractivity (Wildman–Crippen MR) is 68.8 cm³/mol. The van der Waals surface area contributed by atoms with Gasteiger partial charge in [0, 0.05) is 6.54 Å². The van der Waals surface area contributed by atoms with Gasteiger partial charge in [0.2, 0.25) is 0 Å². The molecule has 88 valence electrons. The van der Waals surface area contributed by atoms with Gasteiger partial charge < -0.3 is 4.57 Å². The number of rotatable bonds is 3. The van der Waals surface area contributed by atoms with Gasteiger partial charge in [0.05, 0.1) is 28.5 Å². The largest absolute Gasteiger partial charge is 0.327 e. The van der Waals surface area contributed by atoms with E-state index in [1.165, 1.54) is 0 Å². The summed E-state index contributed by atoms with van der Waals surface area (Å²) in [6, 6.07) is 7.69. The third-order valence-electron chi connectivity index (χ3n) is 2.62. The second-order valence-electron chi connectivity index (χ2n) is 4.48. The third-order valence-corrected chi connectivity index (χ3v) is 2.86. The molecule has 0 radical (unpaired) electrons. The van der Waals surface area contributed by atoms with Gasteiger partial charge in [0.25, 0.3) is 0 Å². The number of imidazole rings is 1. The fourth-order valence-electron chi connectivity index (χ4n) is 1.91. The Morgan fingerprint density at radius 1 is 1.47 bits per heavy atom. The van der Waals surface area contributed by atoms with Crippen molar-refractivity contribution in [3.8, 4) is 6.07 Å². The fraction of sp³-hybridized carbons (Fsp3) is 0.385. The summed E-state index contributed by atoms with van der Waals surface area (Å²) in [5, 5.41) is 8.93. The Hall–Kier alpha value is -1.53. The average molecular weight is 248 g/mol. The summed E-state index contributed by atoms with van der Waals surface area (Å²) in [7, 11) is 0. The van der Waals surface area contributed by atoms with Gasteiger partial charge in [-0.1, -0.05) is 13.8 Å². The standard InChI is InChI=1S/C13H14ClN3/c1-9(2)8-17-12-5-10(7-15)3-4-11(12)16-13(17)6-14/h3-5,9H,6,8H2,1-2H3. The highest BCUT2D eigenvalue weighted by Gasteiger charge is 2.11. The first kappa shape index (κ1) is 11.9. The molecule has 2 rings (SSSR count). The Labute approximate surface area is 106 Å². The number of alkyl halides is 1. The van der Waals surface area contributed by atoms with Gasteiger partial charge >= 0.3 is 0 Å². The molecule has 17 heavy (non-hydrogen) atoms. The fourth-order valence-corrected chi connectivity index (χ4v) is 2.12. The Bertz CT molecular complexity index is 578. The normalized spacial score (nSPS) is 11.0. The minimum atomic E-state index is 0.392. The van der Waals surface area contributed by atoms with Crippen LogP contribution in [0.1, 0.15) is 25.2 Å². The van der Waals surface area contributed by atoms with Crippen LogP contribution >= 0.6 is 11.6 Å². The van der Waals surface area contributed by atoms with Gasteiger partial charge in [0.15, 0.2) is 0 Å². The van der Waals surface area contributed by atoms with Crippen molar-refractivity contribution in [2.24, 2.45) is 5.92 Å². The molecule has 0 aliphatic rings. The second kappa shape index (κ2) is 4.77. The molecule has 1 heterocycles. The molecular formula is C13H14ClN3. The van der Waals surface area contributed by atoms with Crippen LogP contribution in [0.5, 0.6) is 0 Å². The van der Waals surface area contributed by atoms with Crippen molar-refractivity contribution in [2.75, 3.05) is 0 Å². The van der Waals surface area contributed by atoms with Crippen LogP contribution in [0.3, 0.4) is 0 Å². The molecule has 2 aromatic rings. The lowest BCUT2D eigenvalue weighted by Gasteiger charge is -2.10. The zero-order valence-corrected chi connectivity index (χ0v) is 10.7. The smallest absolute Gasteiger partial charge is 0.124 e. The van der Waals surface area contributed by atoms with Crippen LogP contribution in [0.4, 0.5) is 0 Å². The number of aromatic nitrogens is 2. The average Bonchev–Trinajstić information content (AvgIpc) is 2.66. The van der Waals surface area contributed by atoms with Crippen molar-refractivity contribution in [1.29, 1.82) is 5.26 Å². The maximum absolute atomic E-state index is 8.93. The van der Waals surface area contributed by atoms with E-state index in [4.69, 9.17) is 16.9 Å². The molecule has 0 aliphatic carbocycles. The van der Waals surface area contributed by atoms with Gasteiger partial charge in [-0.15, -0.1) is 11.6 Å². The van der Waals surface area contributed by atoms with Crippen LogP contribution in [0.25, 0.3) is 11.0 Å². The van der Waals surface area contributed by atoms with E-state index in [2.05, 4.69) is 29.5 Å². The monoisotopic (exact) mass is 247 g/mol. The van der Waals surface area contributed by atoms with Crippen molar-refractivity contribution in [2.45, 2.75) is 26.3 Å². The lowest BCUT2D eigenvalue weighted by Crippen LogP contribution is -2.07. The molecule has 0 fully saturated rings. The van der Waals surface area contributed by atoms with Gasteiger partial charge in [-0.25, -0.2) is 4.98 Å². The molecule has 0 unspecified atom stereocenters. The molecule has 0 N–H and O–H groups in total. The summed E-state index contributed by atoms with van der Waals surface area (Å²) >= 11 is 5.91. The highest BCUT2D eigenvalue weighted by atomic mass is 35.5. The number of nitriles is 1. The van der Waals surface area contributed by atoms with Gasteiger partial charge in [-0.05, 0) is 24.1 Å². The van der Waals surface area contributed by atoms with Crippen LogP contribution in [-0.2, 0) is 12.4 Å². The van der Waals surface area contributed by atoms with E-state index < -0.39 is 0 Å². The molecule has 1 aromatic heterocycles. The number of nitrogens with zero attached hydrogens (tertiary/aromatic N) is 3. The molecule has 0 spiro atoms. The first-order valence-electron chi connectivity index (χ1n) is 5.61. The van der Waals surface area contributed by atoms with E-state index in [9.17, 15) is 0 Å². The highest BCUT2D eigenvalue weighted by Crippen LogP contribution is 2.20. The number of hydrogen-bond donors (Lipinski definition) is 0. The van der Waals surface area contributed by atoms with E-state index in [-0.39, 0.29) is 0 Å². The second-order valence-corrected chi connectivity index (χ2v) is 4.75. The number of benzene rings is 1. The van der Waals surface area contributed by atoms with Crippen LogP contribution in [-0.4, -0.2) is 9.55 Å². The quantitative estimate of drug-likeness (QED) is 0.781. The first-order chi connectivity index (χ1) is 8.15. The minimum Gasteiger partial charge on any atom is -0.327 e. The summed E-state index contributed by atoms with van der Waals surface area (Å²) in [5.74, 6) is 1.77. The van der Waals surface area contributed by atoms with E-state index in [1.54, 1.807) is 6.07 Å². The summed E-state index contributed by atoms with van der Waals surface area (Å²) in [6.45, 7) is 5.17. The highest BCUT2D eigenvalue weighted by molar-refractivity contribution is 6.16. The molecule has 1 aromatic carbocycles. The lowest BCUT2D eigenvalue weighted by atomic mass is 10.2. The molecule has 0 amide bonds.